The lowest BCUT2D eigenvalue weighted by Gasteiger charge is -2.21. The highest BCUT2D eigenvalue weighted by molar-refractivity contribution is 6.19. The van der Waals surface area contributed by atoms with Gasteiger partial charge in [-0.2, -0.15) is 0 Å². The summed E-state index contributed by atoms with van der Waals surface area (Å²) in [6.07, 6.45) is 3.90. The van der Waals surface area contributed by atoms with E-state index >= 15 is 0 Å². The molecule has 1 aliphatic heterocycles. The highest BCUT2D eigenvalue weighted by Gasteiger charge is 2.33. The quantitative estimate of drug-likeness (QED) is 0.325. The van der Waals surface area contributed by atoms with Gasteiger partial charge < -0.3 is 25.1 Å². The summed E-state index contributed by atoms with van der Waals surface area (Å²) < 4.78 is 24.8. The normalized spacial score (nSPS) is 15.3. The molecule has 9 heteroatoms. The number of aromatic nitrogens is 2. The van der Waals surface area contributed by atoms with Crippen LogP contribution in [0, 0.1) is 6.92 Å². The van der Waals surface area contributed by atoms with Gasteiger partial charge in [0.15, 0.2) is 5.69 Å². The number of pyridine rings is 1. The Hall–Kier alpha value is -4.50. The first kappa shape index (κ1) is 24.8. The predicted molar refractivity (Wildman–Crippen MR) is 147 cm³/mol. The average Bonchev–Trinajstić information content (AvgIpc) is 3.46. The van der Waals surface area contributed by atoms with Crippen molar-refractivity contribution in [1.82, 2.24) is 9.97 Å². The molecule has 2 aromatic carbocycles. The van der Waals surface area contributed by atoms with Crippen molar-refractivity contribution in [2.75, 3.05) is 31.8 Å². The lowest BCUT2D eigenvalue weighted by Crippen LogP contribution is -2.27. The lowest BCUT2D eigenvalue weighted by atomic mass is 9.95. The molecular formula is C30H27FN4O4. The Morgan fingerprint density at radius 2 is 2.03 bits per heavy atom. The van der Waals surface area contributed by atoms with E-state index in [1.807, 2.05) is 43.3 Å². The minimum atomic E-state index is -0.639. The Balaban J connectivity index is 1.48. The molecule has 2 aromatic heterocycles. The maximum Gasteiger partial charge on any atom is 0.269 e. The van der Waals surface area contributed by atoms with Gasteiger partial charge in [-0.15, -0.1) is 0 Å². The molecule has 0 spiro atoms. The number of carbonyl (C=O) groups is 2. The number of methoxy groups -OCH3 is 1. The number of allylic oxidation sites excluding steroid dienone is 1. The summed E-state index contributed by atoms with van der Waals surface area (Å²) in [4.78, 5) is 35.0. The smallest absolute Gasteiger partial charge is 0.269 e. The van der Waals surface area contributed by atoms with Gasteiger partial charge in [-0.1, -0.05) is 12.1 Å². The van der Waals surface area contributed by atoms with E-state index in [1.165, 1.54) is 6.08 Å². The van der Waals surface area contributed by atoms with E-state index in [-0.39, 0.29) is 17.4 Å². The van der Waals surface area contributed by atoms with Gasteiger partial charge in [0.1, 0.15) is 18.2 Å². The molecule has 0 fully saturated rings. The number of amides is 2. The summed E-state index contributed by atoms with van der Waals surface area (Å²) in [5, 5.41) is 1.68. The number of fused-ring (bicyclic) bond motifs is 3. The van der Waals surface area contributed by atoms with Gasteiger partial charge in [0, 0.05) is 59.9 Å². The van der Waals surface area contributed by atoms with Gasteiger partial charge in [0.2, 0.25) is 0 Å². The highest BCUT2D eigenvalue weighted by Crippen LogP contribution is 2.41. The molecule has 6 rings (SSSR count). The molecule has 0 unspecified atom stereocenters. The minimum Gasteiger partial charge on any atom is -0.491 e. The van der Waals surface area contributed by atoms with Crippen LogP contribution >= 0.6 is 0 Å². The van der Waals surface area contributed by atoms with Crippen molar-refractivity contribution in [2.45, 2.75) is 19.8 Å². The van der Waals surface area contributed by atoms with Crippen molar-refractivity contribution >= 4 is 39.3 Å². The van der Waals surface area contributed by atoms with Crippen molar-refractivity contribution < 1.29 is 23.5 Å². The number of anilines is 1. The first-order chi connectivity index (χ1) is 18.9. The van der Waals surface area contributed by atoms with Crippen LogP contribution in [-0.4, -0.2) is 48.7 Å². The number of aromatic amines is 1. The number of halogens is 1. The SMILES string of the molecule is COCCOc1ccc2c(c1)[nH]c1c(C(N)=O)ncc(-c3cccc(N4CC5=C(C=C(F)CC5)C4=O)c3C)c12. The number of benzene rings is 2. The molecule has 0 saturated carbocycles. The zero-order valence-electron chi connectivity index (χ0n) is 21.6. The fraction of sp³-hybridized carbons (Fsp3) is 0.233. The molecule has 2 aliphatic rings. The number of ether oxygens (including phenoxy) is 2. The number of nitrogens with two attached hydrogens (primary N) is 1. The van der Waals surface area contributed by atoms with Crippen molar-refractivity contribution in [3.63, 3.8) is 0 Å². The van der Waals surface area contributed by atoms with Gasteiger partial charge in [-0.3, -0.25) is 9.59 Å². The molecule has 39 heavy (non-hydrogen) atoms. The van der Waals surface area contributed by atoms with E-state index < -0.39 is 5.91 Å². The first-order valence-electron chi connectivity index (χ1n) is 12.7. The monoisotopic (exact) mass is 526 g/mol. The third-order valence-electron chi connectivity index (χ3n) is 7.45. The molecule has 0 bridgehead atoms. The second kappa shape index (κ2) is 9.67. The van der Waals surface area contributed by atoms with E-state index in [4.69, 9.17) is 15.2 Å². The van der Waals surface area contributed by atoms with Crippen LogP contribution in [0.15, 0.2) is 65.6 Å². The van der Waals surface area contributed by atoms with Crippen LogP contribution in [0.25, 0.3) is 32.9 Å². The lowest BCUT2D eigenvalue weighted by molar-refractivity contribution is -0.114. The summed E-state index contributed by atoms with van der Waals surface area (Å²) in [5.41, 5.74) is 11.8. The van der Waals surface area contributed by atoms with Crippen LogP contribution in [0.2, 0.25) is 0 Å². The van der Waals surface area contributed by atoms with Crippen molar-refractivity contribution in [3.8, 4) is 16.9 Å². The zero-order chi connectivity index (χ0) is 27.3. The summed E-state index contributed by atoms with van der Waals surface area (Å²) in [6.45, 7) is 3.26. The third-order valence-corrected chi connectivity index (χ3v) is 7.45. The summed E-state index contributed by atoms with van der Waals surface area (Å²) in [5.74, 6) is -0.432. The molecule has 8 nitrogen and oxygen atoms in total. The Morgan fingerprint density at radius 3 is 2.82 bits per heavy atom. The molecule has 3 N–H and O–H groups in total. The van der Waals surface area contributed by atoms with E-state index in [0.29, 0.717) is 49.4 Å². The highest BCUT2D eigenvalue weighted by atomic mass is 19.1. The Morgan fingerprint density at radius 1 is 1.18 bits per heavy atom. The molecule has 3 heterocycles. The number of nitrogens with one attached hydrogen (secondary N) is 1. The zero-order valence-corrected chi connectivity index (χ0v) is 21.6. The van der Waals surface area contributed by atoms with Gasteiger partial charge >= 0.3 is 0 Å². The Bertz CT molecular complexity index is 1740. The molecule has 2 amide bonds. The fourth-order valence-corrected chi connectivity index (χ4v) is 5.54. The standard InChI is InChI=1S/C30H27FN4O4/c1-16-20(4-3-5-25(16)35-15-17-6-7-18(31)12-22(17)30(35)37)23-14-33-28(29(32)36)27-26(23)21-9-8-19(13-24(21)34-27)39-11-10-38-2/h3-5,8-9,12-14,34H,6-7,10-11,15H2,1-2H3,(H2,32,36). The molecule has 0 radical (unpaired) electrons. The molecule has 0 atom stereocenters. The van der Waals surface area contributed by atoms with E-state index in [2.05, 4.69) is 9.97 Å². The summed E-state index contributed by atoms with van der Waals surface area (Å²) in [6, 6.07) is 11.4. The Labute approximate surface area is 223 Å². The van der Waals surface area contributed by atoms with Crippen LogP contribution in [-0.2, 0) is 9.53 Å². The third kappa shape index (κ3) is 4.15. The number of carbonyl (C=O) groups excluding carboxylic acids is 2. The Kier molecular flexibility index (Phi) is 6.15. The average molecular weight is 527 g/mol. The number of hydrogen-bond acceptors (Lipinski definition) is 5. The van der Waals surface area contributed by atoms with Gasteiger partial charge in [0.05, 0.1) is 17.6 Å². The van der Waals surface area contributed by atoms with Crippen LogP contribution in [0.4, 0.5) is 10.1 Å². The number of H-pyrrole nitrogens is 1. The molecule has 4 aromatic rings. The van der Waals surface area contributed by atoms with E-state index in [0.717, 1.165) is 44.2 Å². The number of nitrogens with zero attached hydrogens (tertiary/aromatic N) is 2. The van der Waals surface area contributed by atoms with Gasteiger partial charge in [-0.05, 0) is 54.3 Å². The largest absolute Gasteiger partial charge is 0.491 e. The molecule has 1 aliphatic carbocycles. The molecule has 198 valence electrons. The predicted octanol–water partition coefficient (Wildman–Crippen LogP) is 5.11. The van der Waals surface area contributed by atoms with Crippen molar-refractivity contribution in [1.29, 1.82) is 0 Å². The van der Waals surface area contributed by atoms with E-state index in [9.17, 15) is 14.0 Å². The molecule has 0 saturated heterocycles. The van der Waals surface area contributed by atoms with E-state index in [1.54, 1.807) is 18.2 Å². The topological polar surface area (TPSA) is 111 Å². The first-order valence-corrected chi connectivity index (χ1v) is 12.7. The number of primary amides is 1. The second-order valence-electron chi connectivity index (χ2n) is 9.76. The maximum absolute atomic E-state index is 13.9. The summed E-state index contributed by atoms with van der Waals surface area (Å²) in [7, 11) is 1.61. The van der Waals surface area contributed by atoms with Crippen LogP contribution in [0.1, 0.15) is 28.9 Å². The van der Waals surface area contributed by atoms with Crippen molar-refractivity contribution in [2.24, 2.45) is 5.73 Å². The van der Waals surface area contributed by atoms with Crippen LogP contribution in [0.3, 0.4) is 0 Å². The summed E-state index contributed by atoms with van der Waals surface area (Å²) >= 11 is 0. The second-order valence-corrected chi connectivity index (χ2v) is 9.76. The van der Waals surface area contributed by atoms with Crippen molar-refractivity contribution in [3.05, 3.63) is 76.9 Å². The number of hydrogen-bond donors (Lipinski definition) is 2. The van der Waals surface area contributed by atoms with Gasteiger partial charge in [-0.25, -0.2) is 9.37 Å². The van der Waals surface area contributed by atoms with Gasteiger partial charge in [0.25, 0.3) is 11.8 Å². The van der Waals surface area contributed by atoms with Crippen LogP contribution < -0.4 is 15.4 Å². The molecular weight excluding hydrogens is 499 g/mol. The number of rotatable bonds is 7. The van der Waals surface area contributed by atoms with Crippen LogP contribution in [0.5, 0.6) is 5.75 Å². The fourth-order valence-electron chi connectivity index (χ4n) is 5.54. The maximum atomic E-state index is 13.9. The minimum absolute atomic E-state index is 0.140.